The Morgan fingerprint density at radius 2 is 1.05 bits per heavy atom. The average Bonchev–Trinajstić information content (AvgIpc) is 3.44. The van der Waals surface area contributed by atoms with Gasteiger partial charge in [-0.05, 0) is 107 Å². The predicted octanol–water partition coefficient (Wildman–Crippen LogP) is 6.76. The zero-order valence-electron chi connectivity index (χ0n) is 25.4. The van der Waals surface area contributed by atoms with Crippen molar-refractivity contribution in [3.05, 3.63) is 12.2 Å². The molecule has 2 rings (SSSR count). The Balaban J connectivity index is 1.95. The topological polar surface area (TPSA) is 99.4 Å². The lowest BCUT2D eigenvalue weighted by atomic mass is 9.87. The minimum absolute atomic E-state index is 0.0394. The molecule has 0 spiro atoms. The van der Waals surface area contributed by atoms with Gasteiger partial charge in [0.25, 0.3) is 0 Å². The molecule has 0 aromatic carbocycles. The van der Waals surface area contributed by atoms with Crippen LogP contribution in [0.1, 0.15) is 107 Å². The number of hydrogen-bond acceptors (Lipinski definition) is 6. The third-order valence-corrected chi connectivity index (χ3v) is 13.3. The van der Waals surface area contributed by atoms with Crippen LogP contribution in [0, 0.1) is 0 Å². The molecule has 4 N–H and O–H groups in total. The lowest BCUT2D eigenvalue weighted by molar-refractivity contribution is -0.154. The molecule has 10 heteroatoms. The summed E-state index contributed by atoms with van der Waals surface area (Å²) in [4.78, 5) is -0.789. The summed E-state index contributed by atoms with van der Waals surface area (Å²) >= 11 is 20.0. The second-order valence-corrected chi connectivity index (χ2v) is 18.2. The van der Waals surface area contributed by atoms with Crippen LogP contribution >= 0.6 is 55.1 Å². The van der Waals surface area contributed by atoms with E-state index in [4.69, 9.17) is 32.7 Å². The Morgan fingerprint density at radius 3 is 1.32 bits per heavy atom. The summed E-state index contributed by atoms with van der Waals surface area (Å²) in [5, 5.41) is 44.4. The van der Waals surface area contributed by atoms with Gasteiger partial charge in [-0.2, -0.15) is 0 Å². The van der Waals surface area contributed by atoms with Crippen molar-refractivity contribution in [1.82, 2.24) is 0 Å². The first-order valence-electron chi connectivity index (χ1n) is 14.4. The summed E-state index contributed by atoms with van der Waals surface area (Å²) in [6, 6.07) is 0. The molecule has 0 aromatic rings. The van der Waals surface area contributed by atoms with E-state index in [1.807, 2.05) is 41.5 Å². The van der Waals surface area contributed by atoms with E-state index in [1.54, 1.807) is 26.0 Å². The molecule has 0 unspecified atom stereocenters. The normalized spacial score (nSPS) is 34.4. The van der Waals surface area contributed by atoms with E-state index < -0.39 is 56.6 Å². The van der Waals surface area contributed by atoms with Crippen molar-refractivity contribution in [3.63, 3.8) is 0 Å². The maximum Gasteiger partial charge on any atom is 0.101 e. The summed E-state index contributed by atoms with van der Waals surface area (Å²) in [5.41, 5.74) is -3.92. The summed E-state index contributed by atoms with van der Waals surface area (Å²) in [5.74, 6) is 0. The van der Waals surface area contributed by atoms with Crippen LogP contribution in [0.25, 0.3) is 0 Å². The Hall–Kier alpha value is 1.04. The van der Waals surface area contributed by atoms with Crippen molar-refractivity contribution in [3.8, 4) is 0 Å². The van der Waals surface area contributed by atoms with Gasteiger partial charge in [-0.25, -0.2) is 0 Å². The lowest BCUT2D eigenvalue weighted by Crippen LogP contribution is -2.46. The van der Waals surface area contributed by atoms with Gasteiger partial charge in [0.2, 0.25) is 0 Å². The fraction of sp³-hybridized carbons (Fsp3) is 0.933. The number of hydrogen-bond donors (Lipinski definition) is 4. The third-order valence-electron chi connectivity index (χ3n) is 9.04. The smallest absolute Gasteiger partial charge is 0.101 e. The van der Waals surface area contributed by atoms with Gasteiger partial charge in [-0.3, -0.25) is 0 Å². The zero-order valence-corrected chi connectivity index (χ0v) is 30.1. The van der Waals surface area contributed by atoms with Crippen molar-refractivity contribution in [1.29, 1.82) is 0 Å². The van der Waals surface area contributed by atoms with Gasteiger partial charge >= 0.3 is 0 Å². The highest BCUT2D eigenvalue weighted by Crippen LogP contribution is 2.43. The van der Waals surface area contributed by atoms with Crippen LogP contribution in [0.5, 0.6) is 0 Å². The minimum Gasteiger partial charge on any atom is -0.387 e. The molecule has 0 bridgehead atoms. The summed E-state index contributed by atoms with van der Waals surface area (Å²) < 4.78 is 12.5. The van der Waals surface area contributed by atoms with Gasteiger partial charge in [0.15, 0.2) is 0 Å². The van der Waals surface area contributed by atoms with Gasteiger partial charge in [0.1, 0.15) is 12.2 Å². The molecule has 2 aliphatic rings. The molecule has 0 aromatic heterocycles. The maximum atomic E-state index is 11.2. The van der Waals surface area contributed by atoms with E-state index >= 15 is 0 Å². The molecular weight excluding hydrogens is 687 g/mol. The van der Waals surface area contributed by atoms with Gasteiger partial charge < -0.3 is 29.9 Å². The van der Waals surface area contributed by atoms with E-state index in [1.165, 1.54) is 0 Å². The van der Waals surface area contributed by atoms with Crippen LogP contribution in [-0.2, 0) is 9.47 Å². The van der Waals surface area contributed by atoms with Crippen LogP contribution in [0.4, 0.5) is 0 Å². The monoisotopic (exact) mass is 736 g/mol. The Kier molecular flexibility index (Phi) is 12.6. The first-order valence-corrected chi connectivity index (χ1v) is 17.0. The number of halogens is 4. The van der Waals surface area contributed by atoms with Crippen molar-refractivity contribution in [2.45, 2.75) is 173 Å². The van der Waals surface area contributed by atoms with Crippen molar-refractivity contribution in [2.75, 3.05) is 0 Å². The Morgan fingerprint density at radius 1 is 0.750 bits per heavy atom. The number of ether oxygens (including phenoxy) is 2. The molecule has 0 amide bonds. The third kappa shape index (κ3) is 9.77. The Bertz CT molecular complexity index is 790. The molecule has 40 heavy (non-hydrogen) atoms. The molecule has 10 atom stereocenters. The highest BCUT2D eigenvalue weighted by atomic mass is 79.9. The molecule has 236 valence electrons. The van der Waals surface area contributed by atoms with Gasteiger partial charge in [-0.1, -0.05) is 44.0 Å². The van der Waals surface area contributed by atoms with Crippen LogP contribution in [0.15, 0.2) is 12.2 Å². The second-order valence-electron chi connectivity index (χ2n) is 14.0. The summed E-state index contributed by atoms with van der Waals surface area (Å²) in [6.45, 7) is 15.0. The van der Waals surface area contributed by atoms with E-state index in [2.05, 4.69) is 31.9 Å². The predicted molar refractivity (Wildman–Crippen MR) is 171 cm³/mol. The molecule has 2 heterocycles. The zero-order chi connectivity index (χ0) is 30.9. The Labute approximate surface area is 268 Å². The molecule has 2 saturated heterocycles. The minimum atomic E-state index is -1.07. The quantitative estimate of drug-likeness (QED) is 0.116. The highest BCUT2D eigenvalue weighted by molar-refractivity contribution is 9.09. The van der Waals surface area contributed by atoms with Crippen LogP contribution in [-0.4, -0.2) is 86.6 Å². The van der Waals surface area contributed by atoms with E-state index in [0.29, 0.717) is 51.4 Å². The SMILES string of the molecule is CC(C)(Cl)[C@H](Br)CC[C@](C)(O)[C@H]1CC[C@@](C)([C@H](O)/C=C/[C@@H](O)[C@]2(C)CC[C@H]([C@@](C)(O)CC[C@@H](Br)C(C)(C)Cl)O2)O1. The van der Waals surface area contributed by atoms with Crippen LogP contribution in [0.2, 0.25) is 0 Å². The summed E-state index contributed by atoms with van der Waals surface area (Å²) in [6.07, 6.45) is 5.05. The molecule has 0 saturated carbocycles. The largest absolute Gasteiger partial charge is 0.387 e. The van der Waals surface area contributed by atoms with Gasteiger partial charge in [-0.15, -0.1) is 23.2 Å². The van der Waals surface area contributed by atoms with E-state index in [-0.39, 0.29) is 9.65 Å². The van der Waals surface area contributed by atoms with Crippen molar-refractivity contribution < 1.29 is 29.9 Å². The molecule has 2 fully saturated rings. The first-order chi connectivity index (χ1) is 17.9. The number of alkyl halides is 4. The standard InChI is InChI=1S/C30H52Br2Cl2O6/c1-25(2,33)19(31)11-15-27(5,37)23-13-17-29(7,39-23)21(35)9-10-22(36)30(8)18-14-24(40-30)28(6,38)16-12-20(32)26(3,4)34/h9-10,19-24,35-38H,11-18H2,1-8H3/b10-9+/t19-,20-,21-,22-,23-,24-,27+,28+,29+,30+/m1/s1. The highest BCUT2D eigenvalue weighted by Gasteiger charge is 2.49. The molecule has 2 aliphatic heterocycles. The molecule has 6 nitrogen and oxygen atoms in total. The van der Waals surface area contributed by atoms with E-state index in [0.717, 1.165) is 0 Å². The van der Waals surface area contributed by atoms with Crippen LogP contribution in [0.3, 0.4) is 0 Å². The first kappa shape index (κ1) is 37.2. The van der Waals surface area contributed by atoms with Gasteiger partial charge in [0.05, 0.1) is 44.4 Å². The summed E-state index contributed by atoms with van der Waals surface area (Å²) in [7, 11) is 0. The molecular formula is C30H52Br2Cl2O6. The number of aliphatic hydroxyl groups excluding tert-OH is 2. The number of aliphatic hydroxyl groups is 4. The van der Waals surface area contributed by atoms with Crippen molar-refractivity contribution >= 4 is 55.1 Å². The van der Waals surface area contributed by atoms with E-state index in [9.17, 15) is 20.4 Å². The van der Waals surface area contributed by atoms with Crippen molar-refractivity contribution in [2.24, 2.45) is 0 Å². The van der Waals surface area contributed by atoms with Gasteiger partial charge in [0, 0.05) is 9.65 Å². The van der Waals surface area contributed by atoms with Crippen LogP contribution < -0.4 is 0 Å². The second kappa shape index (κ2) is 13.6. The fourth-order valence-corrected chi connectivity index (χ4v) is 6.17. The maximum absolute atomic E-state index is 11.2. The fourth-order valence-electron chi connectivity index (χ4n) is 5.50. The lowest BCUT2D eigenvalue weighted by Gasteiger charge is -2.36. The average molecular weight is 739 g/mol. The molecule has 0 aliphatic carbocycles. The number of rotatable bonds is 14. The molecule has 0 radical (unpaired) electrons.